The molecule has 1 aromatic rings. The maximum atomic E-state index is 12.3. The third-order valence-electron chi connectivity index (χ3n) is 3.47. The summed E-state index contributed by atoms with van der Waals surface area (Å²) in [7, 11) is -3.54. The summed E-state index contributed by atoms with van der Waals surface area (Å²) >= 11 is 3.39. The van der Waals surface area contributed by atoms with Crippen molar-refractivity contribution in [2.75, 3.05) is 43.4 Å². The van der Waals surface area contributed by atoms with Crippen molar-refractivity contribution in [3.05, 3.63) is 28.2 Å². The standard InChI is InChI=1S/C14H19BrN2O4S/c1-11-9-12(3-4-13(11)15)17(22(2,19)20)10-14(18)16-5-7-21-8-6-16/h3-4,9H,5-8,10H2,1-2H3. The van der Waals surface area contributed by atoms with E-state index in [-0.39, 0.29) is 12.5 Å². The number of hydrogen-bond donors (Lipinski definition) is 0. The molecule has 1 aromatic carbocycles. The van der Waals surface area contributed by atoms with Crippen molar-refractivity contribution in [1.29, 1.82) is 0 Å². The first-order valence-electron chi connectivity index (χ1n) is 6.88. The van der Waals surface area contributed by atoms with Crippen molar-refractivity contribution < 1.29 is 17.9 Å². The topological polar surface area (TPSA) is 66.9 Å². The quantitative estimate of drug-likeness (QED) is 0.778. The molecule has 1 fully saturated rings. The molecule has 8 heteroatoms. The van der Waals surface area contributed by atoms with E-state index in [0.717, 1.165) is 20.6 Å². The van der Waals surface area contributed by atoms with Crippen LogP contribution in [0.25, 0.3) is 0 Å². The van der Waals surface area contributed by atoms with Crippen molar-refractivity contribution in [3.8, 4) is 0 Å². The molecule has 0 aliphatic carbocycles. The van der Waals surface area contributed by atoms with Gasteiger partial charge in [-0.3, -0.25) is 9.10 Å². The highest BCUT2D eigenvalue weighted by molar-refractivity contribution is 9.10. The van der Waals surface area contributed by atoms with Gasteiger partial charge in [-0.1, -0.05) is 15.9 Å². The Morgan fingerprint density at radius 3 is 2.55 bits per heavy atom. The summed E-state index contributed by atoms with van der Waals surface area (Å²) < 4.78 is 31.4. The predicted octanol–water partition coefficient (Wildman–Crippen LogP) is 1.38. The predicted molar refractivity (Wildman–Crippen MR) is 88.5 cm³/mol. The Bertz CT molecular complexity index is 657. The van der Waals surface area contributed by atoms with E-state index < -0.39 is 10.0 Å². The van der Waals surface area contributed by atoms with Crippen LogP contribution in [0, 0.1) is 6.92 Å². The van der Waals surface area contributed by atoms with Crippen molar-refractivity contribution in [3.63, 3.8) is 0 Å². The van der Waals surface area contributed by atoms with Crippen LogP contribution in [-0.2, 0) is 19.6 Å². The van der Waals surface area contributed by atoms with E-state index in [1.807, 2.05) is 6.92 Å². The minimum absolute atomic E-state index is 0.195. The molecule has 0 aromatic heterocycles. The molecule has 0 unspecified atom stereocenters. The molecule has 122 valence electrons. The van der Waals surface area contributed by atoms with Crippen molar-refractivity contribution in [2.45, 2.75) is 6.92 Å². The van der Waals surface area contributed by atoms with E-state index in [2.05, 4.69) is 15.9 Å². The Morgan fingerprint density at radius 2 is 2.00 bits per heavy atom. The number of morpholine rings is 1. The number of halogens is 1. The average Bonchev–Trinajstić information content (AvgIpc) is 2.47. The molecule has 1 saturated heterocycles. The molecule has 0 saturated carbocycles. The number of aryl methyl sites for hydroxylation is 1. The van der Waals surface area contributed by atoms with Crippen molar-refractivity contribution in [1.82, 2.24) is 4.90 Å². The van der Waals surface area contributed by atoms with Gasteiger partial charge in [0.05, 0.1) is 25.2 Å². The summed E-state index contributed by atoms with van der Waals surface area (Å²) in [5.74, 6) is -0.214. The van der Waals surface area contributed by atoms with E-state index in [4.69, 9.17) is 4.74 Å². The Labute approximate surface area is 139 Å². The number of hydrogen-bond acceptors (Lipinski definition) is 4. The van der Waals surface area contributed by atoms with Crippen LogP contribution in [-0.4, -0.2) is 58.3 Å². The average molecular weight is 391 g/mol. The lowest BCUT2D eigenvalue weighted by Gasteiger charge is -2.30. The van der Waals surface area contributed by atoms with Crippen molar-refractivity contribution in [2.24, 2.45) is 0 Å². The van der Waals surface area contributed by atoms with E-state index in [9.17, 15) is 13.2 Å². The number of sulfonamides is 1. The first-order valence-corrected chi connectivity index (χ1v) is 9.52. The minimum atomic E-state index is -3.54. The zero-order valence-electron chi connectivity index (χ0n) is 12.6. The molecular weight excluding hydrogens is 372 g/mol. The van der Waals surface area contributed by atoms with Gasteiger partial charge < -0.3 is 9.64 Å². The van der Waals surface area contributed by atoms with Gasteiger partial charge in [-0.15, -0.1) is 0 Å². The Balaban J connectivity index is 2.23. The molecule has 22 heavy (non-hydrogen) atoms. The van der Waals surface area contributed by atoms with Crippen LogP contribution in [0.4, 0.5) is 5.69 Å². The second-order valence-corrected chi connectivity index (χ2v) is 7.96. The summed E-state index contributed by atoms with van der Waals surface area (Å²) in [6.45, 7) is 3.65. The fourth-order valence-electron chi connectivity index (χ4n) is 2.22. The number of amides is 1. The van der Waals surface area contributed by atoms with E-state index >= 15 is 0 Å². The Kier molecular flexibility index (Phi) is 5.46. The molecule has 6 nitrogen and oxygen atoms in total. The van der Waals surface area contributed by atoms with E-state index in [0.29, 0.717) is 32.0 Å². The number of benzene rings is 1. The molecule has 1 heterocycles. The largest absolute Gasteiger partial charge is 0.378 e. The second-order valence-electron chi connectivity index (χ2n) is 5.20. The SMILES string of the molecule is Cc1cc(N(CC(=O)N2CCOCC2)S(C)(=O)=O)ccc1Br. The molecule has 0 spiro atoms. The molecule has 0 N–H and O–H groups in total. The zero-order chi connectivity index (χ0) is 16.3. The molecule has 1 aliphatic rings. The molecule has 0 bridgehead atoms. The normalized spacial score (nSPS) is 15.7. The molecule has 1 aliphatic heterocycles. The van der Waals surface area contributed by atoms with Crippen LogP contribution in [0.5, 0.6) is 0 Å². The summed E-state index contributed by atoms with van der Waals surface area (Å²) in [5, 5.41) is 0. The highest BCUT2D eigenvalue weighted by atomic mass is 79.9. The van der Waals surface area contributed by atoms with E-state index in [1.54, 1.807) is 23.1 Å². The van der Waals surface area contributed by atoms with Gasteiger partial charge in [0.1, 0.15) is 6.54 Å². The fourth-order valence-corrected chi connectivity index (χ4v) is 3.31. The third-order valence-corrected chi connectivity index (χ3v) is 5.50. The lowest BCUT2D eigenvalue weighted by atomic mass is 10.2. The summed E-state index contributed by atoms with van der Waals surface area (Å²) in [6, 6.07) is 5.21. The number of nitrogens with zero attached hydrogens (tertiary/aromatic N) is 2. The van der Waals surface area contributed by atoms with Gasteiger partial charge in [-0.05, 0) is 30.7 Å². The van der Waals surface area contributed by atoms with Gasteiger partial charge in [0.2, 0.25) is 15.9 Å². The van der Waals surface area contributed by atoms with Crippen LogP contribution >= 0.6 is 15.9 Å². The highest BCUT2D eigenvalue weighted by Gasteiger charge is 2.25. The second kappa shape index (κ2) is 6.97. The summed E-state index contributed by atoms with van der Waals surface area (Å²) in [5.41, 5.74) is 1.40. The van der Waals surface area contributed by atoms with Gasteiger partial charge in [-0.2, -0.15) is 0 Å². The van der Waals surface area contributed by atoms with Gasteiger partial charge in [-0.25, -0.2) is 8.42 Å². The van der Waals surface area contributed by atoms with Gasteiger partial charge in [0.25, 0.3) is 0 Å². The smallest absolute Gasteiger partial charge is 0.243 e. The number of rotatable bonds is 4. The van der Waals surface area contributed by atoms with Crippen LogP contribution in [0.15, 0.2) is 22.7 Å². The maximum absolute atomic E-state index is 12.3. The number of anilines is 1. The van der Waals surface area contributed by atoms with Crippen molar-refractivity contribution >= 4 is 37.5 Å². The lowest BCUT2D eigenvalue weighted by molar-refractivity contribution is -0.133. The van der Waals surface area contributed by atoms with Gasteiger partial charge in [0, 0.05) is 17.6 Å². The minimum Gasteiger partial charge on any atom is -0.378 e. The highest BCUT2D eigenvalue weighted by Crippen LogP contribution is 2.24. The number of carbonyl (C=O) groups excluding carboxylic acids is 1. The zero-order valence-corrected chi connectivity index (χ0v) is 15.0. The Hall–Kier alpha value is -1.12. The first kappa shape index (κ1) is 17.2. The molecule has 0 radical (unpaired) electrons. The van der Waals surface area contributed by atoms with Crippen LogP contribution < -0.4 is 4.31 Å². The van der Waals surface area contributed by atoms with Crippen LogP contribution in [0.1, 0.15) is 5.56 Å². The first-order chi connectivity index (χ1) is 10.3. The summed E-state index contributed by atoms with van der Waals surface area (Å²) in [6.07, 6.45) is 1.11. The molecule has 1 amide bonds. The van der Waals surface area contributed by atoms with Crippen LogP contribution in [0.3, 0.4) is 0 Å². The van der Waals surface area contributed by atoms with E-state index in [1.165, 1.54) is 0 Å². The summed E-state index contributed by atoms with van der Waals surface area (Å²) in [4.78, 5) is 14.0. The maximum Gasteiger partial charge on any atom is 0.243 e. The van der Waals surface area contributed by atoms with Gasteiger partial charge >= 0.3 is 0 Å². The lowest BCUT2D eigenvalue weighted by Crippen LogP contribution is -2.47. The van der Waals surface area contributed by atoms with Crippen LogP contribution in [0.2, 0.25) is 0 Å². The third kappa shape index (κ3) is 4.21. The molecule has 2 rings (SSSR count). The number of ether oxygens (including phenoxy) is 1. The Morgan fingerprint density at radius 1 is 1.36 bits per heavy atom. The number of carbonyl (C=O) groups is 1. The molecular formula is C14H19BrN2O4S. The molecule has 0 atom stereocenters. The monoisotopic (exact) mass is 390 g/mol. The fraction of sp³-hybridized carbons (Fsp3) is 0.500. The van der Waals surface area contributed by atoms with Gasteiger partial charge in [0.15, 0.2) is 0 Å².